The molecule has 0 aliphatic carbocycles. The van der Waals surface area contributed by atoms with Gasteiger partial charge in [-0.05, 0) is 0 Å². The number of methoxy groups -OCH3 is 1. The first-order chi connectivity index (χ1) is 11.7. The van der Waals surface area contributed by atoms with Gasteiger partial charge in [-0.1, -0.05) is 0 Å². The molecule has 24 heavy (non-hydrogen) atoms. The van der Waals surface area contributed by atoms with Crippen molar-refractivity contribution < 1.29 is 4.74 Å². The van der Waals surface area contributed by atoms with Crippen molar-refractivity contribution in [2.75, 3.05) is 7.11 Å². The standard InChI is InChI=1S/C18H15AsN4O/c1-24-13-8-6-12(7-9-13)11-23-16(10-17(19)22-23)18-20-14-4-2-3-5-15(14)21-18/h2-10H,11H2,1H3,(H,20,21). The zero-order valence-electron chi connectivity index (χ0n) is 13.1. The number of fused-ring (bicyclic) bond motifs is 1. The number of H-pyrrole nitrogens is 1. The Bertz CT molecular complexity index is 955. The quantitative estimate of drug-likeness (QED) is 0.555. The maximum absolute atomic E-state index is 5.21. The molecule has 6 heteroatoms. The Labute approximate surface area is 148 Å². The Morgan fingerprint density at radius 2 is 1.92 bits per heavy atom. The molecule has 0 atom stereocenters. The first kappa shape index (κ1) is 15.0. The molecule has 0 spiro atoms. The van der Waals surface area contributed by atoms with Crippen molar-refractivity contribution in [3.63, 3.8) is 0 Å². The van der Waals surface area contributed by atoms with Crippen LogP contribution >= 0.6 is 0 Å². The predicted molar refractivity (Wildman–Crippen MR) is 94.8 cm³/mol. The Morgan fingerprint density at radius 1 is 1.12 bits per heavy atom. The molecule has 0 aliphatic rings. The van der Waals surface area contributed by atoms with Gasteiger partial charge in [0, 0.05) is 0 Å². The molecule has 1 N–H and O–H groups in total. The molecule has 2 aromatic carbocycles. The number of nitrogens with one attached hydrogen (secondary N) is 1. The van der Waals surface area contributed by atoms with Crippen molar-refractivity contribution in [3.05, 3.63) is 60.2 Å². The van der Waals surface area contributed by atoms with Crippen molar-refractivity contribution in [1.29, 1.82) is 0 Å². The van der Waals surface area contributed by atoms with E-state index >= 15 is 0 Å². The molecule has 0 aliphatic heterocycles. The van der Waals surface area contributed by atoms with Crippen molar-refractivity contribution in [2.45, 2.75) is 6.54 Å². The van der Waals surface area contributed by atoms with Crippen LogP contribution in [0, 0.1) is 0 Å². The maximum atomic E-state index is 5.21. The van der Waals surface area contributed by atoms with E-state index < -0.39 is 0 Å². The van der Waals surface area contributed by atoms with Crippen molar-refractivity contribution in [2.24, 2.45) is 0 Å². The van der Waals surface area contributed by atoms with Gasteiger partial charge in [-0.3, -0.25) is 0 Å². The van der Waals surface area contributed by atoms with Crippen LogP contribution in [0.2, 0.25) is 0 Å². The van der Waals surface area contributed by atoms with Gasteiger partial charge in [0.05, 0.1) is 0 Å². The molecular formula is C18H15AsN4O. The van der Waals surface area contributed by atoms with Gasteiger partial charge in [-0.2, -0.15) is 0 Å². The zero-order chi connectivity index (χ0) is 16.5. The molecule has 118 valence electrons. The monoisotopic (exact) mass is 378 g/mol. The molecule has 0 amide bonds. The second-order valence-corrected chi connectivity index (χ2v) is 6.46. The Balaban J connectivity index is 1.71. The van der Waals surface area contributed by atoms with E-state index in [0.29, 0.717) is 6.54 Å². The number of para-hydroxylation sites is 2. The van der Waals surface area contributed by atoms with Gasteiger partial charge in [0.2, 0.25) is 0 Å². The number of hydrogen-bond acceptors (Lipinski definition) is 3. The van der Waals surface area contributed by atoms with E-state index in [1.807, 2.05) is 59.3 Å². The first-order valence-corrected chi connectivity index (χ1v) is 8.51. The van der Waals surface area contributed by atoms with Crippen molar-refractivity contribution >= 4 is 32.4 Å². The van der Waals surface area contributed by atoms with E-state index in [1.165, 1.54) is 0 Å². The summed E-state index contributed by atoms with van der Waals surface area (Å²) in [7, 11) is 1.67. The van der Waals surface area contributed by atoms with E-state index in [1.54, 1.807) is 7.11 Å². The van der Waals surface area contributed by atoms with Crippen LogP contribution in [0.4, 0.5) is 0 Å². The average molecular weight is 378 g/mol. The van der Waals surface area contributed by atoms with Crippen LogP contribution < -0.4 is 9.22 Å². The summed E-state index contributed by atoms with van der Waals surface area (Å²) >= 11 is 2.49. The number of imidazole rings is 1. The molecule has 2 radical (unpaired) electrons. The summed E-state index contributed by atoms with van der Waals surface area (Å²) in [6.45, 7) is 0.675. The van der Waals surface area contributed by atoms with E-state index in [4.69, 9.17) is 4.74 Å². The van der Waals surface area contributed by atoms with Gasteiger partial charge < -0.3 is 0 Å². The molecule has 0 saturated heterocycles. The number of aromatic amines is 1. The molecule has 0 unspecified atom stereocenters. The number of hydrogen-bond donors (Lipinski definition) is 1. The van der Waals surface area contributed by atoms with Crippen LogP contribution in [0.15, 0.2) is 54.6 Å². The van der Waals surface area contributed by atoms with Crippen LogP contribution in [-0.2, 0) is 6.54 Å². The summed E-state index contributed by atoms with van der Waals surface area (Å²) in [5.41, 5.74) is 4.11. The van der Waals surface area contributed by atoms with Gasteiger partial charge in [-0.25, -0.2) is 0 Å². The van der Waals surface area contributed by atoms with E-state index in [-0.39, 0.29) is 0 Å². The van der Waals surface area contributed by atoms with Gasteiger partial charge in [0.1, 0.15) is 0 Å². The molecule has 2 aromatic heterocycles. The number of aromatic nitrogens is 4. The fourth-order valence-corrected chi connectivity index (χ4v) is 3.18. The minimum atomic E-state index is 0.675. The number of rotatable bonds is 4. The molecule has 0 saturated carbocycles. The SMILES string of the molecule is COc1ccc(Cn2nc([As])cc2-c2nc3ccccc3[nH]2)cc1. The molecule has 4 aromatic rings. The summed E-state index contributed by atoms with van der Waals surface area (Å²) in [5, 5.41) is 4.59. The van der Waals surface area contributed by atoms with E-state index in [0.717, 1.165) is 38.3 Å². The predicted octanol–water partition coefficient (Wildman–Crippen LogP) is 2.28. The van der Waals surface area contributed by atoms with Crippen LogP contribution in [-0.4, -0.2) is 43.7 Å². The number of nitrogens with zero attached hydrogens (tertiary/aromatic N) is 3. The van der Waals surface area contributed by atoms with E-state index in [9.17, 15) is 0 Å². The molecule has 0 bridgehead atoms. The number of ether oxygens (including phenoxy) is 1. The Hall–Kier alpha value is -2.52. The Kier molecular flexibility index (Phi) is 3.87. The van der Waals surface area contributed by atoms with Crippen LogP contribution in [0.25, 0.3) is 22.6 Å². The normalized spacial score (nSPS) is 11.1. The van der Waals surface area contributed by atoms with Gasteiger partial charge >= 0.3 is 148 Å². The van der Waals surface area contributed by atoms with Crippen LogP contribution in [0.1, 0.15) is 5.56 Å². The second-order valence-electron chi connectivity index (χ2n) is 5.50. The first-order valence-electron chi connectivity index (χ1n) is 7.58. The fraction of sp³-hybridized carbons (Fsp3) is 0.111. The summed E-state index contributed by atoms with van der Waals surface area (Å²) < 4.78 is 8.08. The third kappa shape index (κ3) is 2.83. The molecule has 4 rings (SSSR count). The van der Waals surface area contributed by atoms with Crippen LogP contribution in [0.3, 0.4) is 0 Å². The van der Waals surface area contributed by atoms with Gasteiger partial charge in [0.15, 0.2) is 0 Å². The molecular weight excluding hydrogens is 363 g/mol. The molecule has 0 fully saturated rings. The second kappa shape index (κ2) is 6.17. The average Bonchev–Trinajstić information content (AvgIpc) is 3.18. The topological polar surface area (TPSA) is 55.7 Å². The summed E-state index contributed by atoms with van der Waals surface area (Å²) in [6.07, 6.45) is 0. The number of benzene rings is 2. The van der Waals surface area contributed by atoms with E-state index in [2.05, 4.69) is 31.9 Å². The third-order valence-electron chi connectivity index (χ3n) is 3.89. The van der Waals surface area contributed by atoms with Gasteiger partial charge in [-0.15, -0.1) is 0 Å². The minimum absolute atomic E-state index is 0.675. The fourth-order valence-electron chi connectivity index (χ4n) is 2.69. The van der Waals surface area contributed by atoms with Crippen molar-refractivity contribution in [1.82, 2.24) is 19.7 Å². The zero-order valence-corrected chi connectivity index (χ0v) is 15.0. The third-order valence-corrected chi connectivity index (χ3v) is 4.35. The Morgan fingerprint density at radius 3 is 2.67 bits per heavy atom. The molecule has 5 nitrogen and oxygen atoms in total. The summed E-state index contributed by atoms with van der Waals surface area (Å²) in [5.74, 6) is 1.68. The summed E-state index contributed by atoms with van der Waals surface area (Å²) in [6, 6.07) is 18.1. The molecule has 2 heterocycles. The van der Waals surface area contributed by atoms with Crippen molar-refractivity contribution in [3.8, 4) is 17.3 Å². The summed E-state index contributed by atoms with van der Waals surface area (Å²) in [4.78, 5) is 8.05. The van der Waals surface area contributed by atoms with Gasteiger partial charge in [0.25, 0.3) is 0 Å². The van der Waals surface area contributed by atoms with Crippen LogP contribution in [0.5, 0.6) is 5.75 Å².